The van der Waals surface area contributed by atoms with Gasteiger partial charge in [0.2, 0.25) is 0 Å². The molecule has 0 saturated carbocycles. The van der Waals surface area contributed by atoms with Crippen molar-refractivity contribution < 1.29 is 82.0 Å². The van der Waals surface area contributed by atoms with Crippen molar-refractivity contribution in [2.75, 3.05) is 6.61 Å². The predicted molar refractivity (Wildman–Crippen MR) is 96.9 cm³/mol. The van der Waals surface area contributed by atoms with E-state index < -0.39 is 24.8 Å². The Balaban J connectivity index is 0. The van der Waals surface area contributed by atoms with Gasteiger partial charge in [-0.2, -0.15) is 49.2 Å². The van der Waals surface area contributed by atoms with Crippen molar-refractivity contribution in [3.63, 3.8) is 0 Å². The maximum absolute atomic E-state index is 10.6. The summed E-state index contributed by atoms with van der Waals surface area (Å²) in [6, 6.07) is 19.7. The van der Waals surface area contributed by atoms with E-state index in [1.54, 1.807) is 0 Å². The Bertz CT molecular complexity index is 623. The molecular weight excluding hydrogens is 792 g/mol. The van der Waals surface area contributed by atoms with Gasteiger partial charge in [-0.1, -0.05) is 12.1 Å². The van der Waals surface area contributed by atoms with Crippen LogP contribution >= 0.6 is 0 Å². The first kappa shape index (κ1) is 28.5. The first-order valence-corrected chi connectivity index (χ1v) is 7.63. The summed E-state index contributed by atoms with van der Waals surface area (Å²) in [6.45, 7) is 10.3. The molecule has 1 aliphatic heterocycles. The first-order chi connectivity index (χ1) is 11.9. The molecule has 4 nitrogen and oxygen atoms in total. The average molecular weight is 814 g/mol. The molecule has 2 N–H and O–H groups in total. The third kappa shape index (κ3) is 12.4. The third-order valence-electron chi connectivity index (χ3n) is 3.02. The fraction of sp³-hybridized carbons (Fsp3) is 0.143. The third-order valence-corrected chi connectivity index (χ3v) is 3.02. The van der Waals surface area contributed by atoms with Crippen molar-refractivity contribution in [2.24, 2.45) is 0 Å². The number of aliphatic hydroxyl groups is 2. The molecule has 2 atom stereocenters. The molecule has 0 aromatic heterocycles. The number of carbonyl (C=O) groups excluding carboxylic acids is 1. The molecule has 27 heavy (non-hydrogen) atoms. The van der Waals surface area contributed by atoms with Crippen LogP contribution in [0.4, 0.5) is 0 Å². The van der Waals surface area contributed by atoms with E-state index in [0.717, 1.165) is 11.1 Å². The molecule has 3 rings (SSSR count). The molecule has 0 amide bonds. The van der Waals surface area contributed by atoms with Gasteiger partial charge in [-0.15, -0.1) is 24.3 Å². The molecule has 0 bridgehead atoms. The second-order valence-corrected chi connectivity index (χ2v) is 5.17. The van der Waals surface area contributed by atoms with Crippen LogP contribution in [0.3, 0.4) is 0 Å². The average Bonchev–Trinajstić information content (AvgIpc) is 2.96. The number of aliphatic hydroxyl groups excluding tert-OH is 2. The van der Waals surface area contributed by atoms with E-state index in [1.165, 1.54) is 0 Å². The number of carbonyl (C=O) groups is 1. The molecule has 2 unspecified atom stereocenters. The minimum atomic E-state index is -1.10. The summed E-state index contributed by atoms with van der Waals surface area (Å²) in [5.74, 6) is -0.595. The van der Waals surface area contributed by atoms with E-state index in [-0.39, 0.29) is 67.8 Å². The van der Waals surface area contributed by atoms with Gasteiger partial charge < -0.3 is 32.7 Å². The molecule has 0 fully saturated rings. The van der Waals surface area contributed by atoms with Crippen molar-refractivity contribution in [3.05, 3.63) is 104 Å². The molecule has 1 heterocycles. The van der Waals surface area contributed by atoms with Crippen LogP contribution in [0.25, 0.3) is 0 Å². The topological polar surface area (TPSA) is 66.8 Å². The Morgan fingerprint density at radius 2 is 1.33 bits per heavy atom. The number of rotatable bonds is 2. The molecule has 2 aromatic carbocycles. The molecule has 2 aromatic rings. The zero-order valence-corrected chi connectivity index (χ0v) is 23.3. The minimum Gasteiger partial charge on any atom is -0.589 e. The number of hydrogen-bond acceptors (Lipinski definition) is 4. The standard InChI is InChI=1S/C7H8O4.2C7H7.2U/c1-4-2-6(5(9)3-8)11-7(4)10;2*1-7-5-3-2-4-6-7;;/h5-6,8-9H,1,3H2;2*2-6H,1H2;;/q-2;2*-1;2*+2. The SMILES string of the molecule is [CH2-]C1=[C-]C(C(O)CO)OC1=O.[CH2-]c1ccccc1.[CH2-]c1ccccc1.[U+2].[U+2]. The van der Waals surface area contributed by atoms with E-state index in [4.69, 9.17) is 10.2 Å². The van der Waals surface area contributed by atoms with E-state index in [0.29, 0.717) is 0 Å². The van der Waals surface area contributed by atoms with Crippen LogP contribution in [0, 0.1) is 89.1 Å². The maximum atomic E-state index is 10.6. The Hall–Kier alpha value is -0.716. The summed E-state index contributed by atoms with van der Waals surface area (Å²) >= 11 is 0. The number of cyclic esters (lactones) is 1. The quantitative estimate of drug-likeness (QED) is 0.362. The number of ether oxygens (including phenoxy) is 1. The van der Waals surface area contributed by atoms with Gasteiger partial charge in [0.05, 0.1) is 18.7 Å². The van der Waals surface area contributed by atoms with Crippen LogP contribution in [-0.4, -0.2) is 35.0 Å². The van der Waals surface area contributed by atoms with Gasteiger partial charge in [-0.3, -0.25) is 5.57 Å². The van der Waals surface area contributed by atoms with Gasteiger partial charge in [0.25, 0.3) is 0 Å². The zero-order valence-electron chi connectivity index (χ0n) is 15.0. The van der Waals surface area contributed by atoms with Gasteiger partial charge >= 0.3 is 62.2 Å². The summed E-state index contributed by atoms with van der Waals surface area (Å²) in [4.78, 5) is 10.6. The smallest absolute Gasteiger partial charge is 0.589 e. The summed E-state index contributed by atoms with van der Waals surface area (Å²) in [6.07, 6.45) is 0.518. The van der Waals surface area contributed by atoms with Crippen LogP contribution in [0.2, 0.25) is 0 Å². The second kappa shape index (κ2) is 16.3. The van der Waals surface area contributed by atoms with Gasteiger partial charge in [-0.25, -0.2) is 0 Å². The van der Waals surface area contributed by atoms with E-state index in [1.807, 2.05) is 60.7 Å². The van der Waals surface area contributed by atoms with Gasteiger partial charge in [-0.05, 0) is 0 Å². The van der Waals surface area contributed by atoms with Crippen LogP contribution in [-0.2, 0) is 9.53 Å². The van der Waals surface area contributed by atoms with Crippen LogP contribution in [0.5, 0.6) is 0 Å². The van der Waals surface area contributed by atoms with E-state index in [9.17, 15) is 4.79 Å². The van der Waals surface area contributed by atoms with Crippen LogP contribution in [0.1, 0.15) is 11.1 Å². The molecule has 0 spiro atoms. The monoisotopic (exact) mass is 814 g/mol. The zero-order chi connectivity index (χ0) is 18.7. The Labute approximate surface area is 209 Å². The molecule has 138 valence electrons. The number of hydrogen-bond donors (Lipinski definition) is 2. The van der Waals surface area contributed by atoms with Crippen LogP contribution < -0.4 is 0 Å². The number of benzene rings is 2. The van der Waals surface area contributed by atoms with Crippen molar-refractivity contribution in [1.29, 1.82) is 0 Å². The normalized spacial score (nSPS) is 15.1. The largest absolute Gasteiger partial charge is 2.00 e. The molecule has 0 radical (unpaired) electrons. The minimum absolute atomic E-state index is 0. The van der Waals surface area contributed by atoms with Gasteiger partial charge in [0, 0.05) is 6.10 Å². The summed E-state index contributed by atoms with van der Waals surface area (Å²) in [7, 11) is 0. The molecular formula is C21H22O4U2. The van der Waals surface area contributed by atoms with E-state index >= 15 is 0 Å². The van der Waals surface area contributed by atoms with Gasteiger partial charge in [0.15, 0.2) is 0 Å². The van der Waals surface area contributed by atoms with Gasteiger partial charge in [0.1, 0.15) is 0 Å². The molecule has 6 heteroatoms. The second-order valence-electron chi connectivity index (χ2n) is 5.17. The fourth-order valence-electron chi connectivity index (χ4n) is 1.67. The Morgan fingerprint density at radius 1 is 0.926 bits per heavy atom. The van der Waals surface area contributed by atoms with Crippen molar-refractivity contribution >= 4 is 5.97 Å². The summed E-state index contributed by atoms with van der Waals surface area (Å²) in [5, 5.41) is 17.4. The fourth-order valence-corrected chi connectivity index (χ4v) is 1.67. The molecule has 0 saturated heterocycles. The first-order valence-electron chi connectivity index (χ1n) is 7.63. The van der Waals surface area contributed by atoms with Crippen molar-refractivity contribution in [3.8, 4) is 0 Å². The number of esters is 1. The van der Waals surface area contributed by atoms with Crippen molar-refractivity contribution in [1.82, 2.24) is 0 Å². The summed E-state index contributed by atoms with van der Waals surface area (Å²) < 4.78 is 4.57. The maximum Gasteiger partial charge on any atom is 2.00 e. The molecule has 0 aliphatic carbocycles. The van der Waals surface area contributed by atoms with Crippen LogP contribution in [0.15, 0.2) is 66.2 Å². The van der Waals surface area contributed by atoms with E-state index in [2.05, 4.69) is 31.6 Å². The Kier molecular flexibility index (Phi) is 17.2. The predicted octanol–water partition coefficient (Wildman–Crippen LogP) is 2.57. The Morgan fingerprint density at radius 3 is 1.56 bits per heavy atom. The molecule has 1 aliphatic rings. The van der Waals surface area contributed by atoms with Crippen molar-refractivity contribution in [2.45, 2.75) is 12.2 Å². The summed E-state index contributed by atoms with van der Waals surface area (Å²) in [5.41, 5.74) is 2.24.